The molecule has 6 heteroatoms. The molecule has 0 radical (unpaired) electrons. The molecule has 0 aromatic rings. The number of hydrogen-bond acceptors (Lipinski definition) is 6. The Kier molecular flexibility index (Phi) is 10.5. The molecule has 0 aromatic heterocycles. The minimum atomic E-state index is -1.34. The lowest BCUT2D eigenvalue weighted by Gasteiger charge is -2.13. The van der Waals surface area contributed by atoms with Gasteiger partial charge in [-0.15, -0.1) is 0 Å². The van der Waals surface area contributed by atoms with E-state index in [0.29, 0.717) is 6.61 Å². The summed E-state index contributed by atoms with van der Waals surface area (Å²) in [5.74, 6) is -1.48. The van der Waals surface area contributed by atoms with Crippen LogP contribution in [0.15, 0.2) is 11.5 Å². The van der Waals surface area contributed by atoms with E-state index in [2.05, 4.69) is 6.92 Å². The Bertz CT molecular complexity index is 393. The van der Waals surface area contributed by atoms with Crippen LogP contribution in [0.2, 0.25) is 0 Å². The molecule has 0 saturated heterocycles. The van der Waals surface area contributed by atoms with Crippen LogP contribution in [-0.4, -0.2) is 46.7 Å². The molecule has 24 heavy (non-hydrogen) atoms. The lowest BCUT2D eigenvalue weighted by molar-refractivity contribution is -0.148. The van der Waals surface area contributed by atoms with Crippen molar-refractivity contribution in [3.8, 4) is 0 Å². The van der Waals surface area contributed by atoms with Crippen LogP contribution in [0.1, 0.15) is 71.1 Å². The van der Waals surface area contributed by atoms with Crippen LogP contribution in [-0.2, 0) is 14.3 Å². The highest BCUT2D eigenvalue weighted by Crippen LogP contribution is 2.24. The van der Waals surface area contributed by atoms with E-state index in [1.165, 1.54) is 44.9 Å². The number of cyclic esters (lactones) is 1. The van der Waals surface area contributed by atoms with Crippen LogP contribution >= 0.6 is 0 Å². The molecule has 0 spiro atoms. The molecule has 0 aliphatic carbocycles. The van der Waals surface area contributed by atoms with Crippen molar-refractivity contribution in [1.82, 2.24) is 0 Å². The van der Waals surface area contributed by atoms with Gasteiger partial charge in [0.2, 0.25) is 5.76 Å². The van der Waals surface area contributed by atoms with E-state index >= 15 is 0 Å². The van der Waals surface area contributed by atoms with Gasteiger partial charge >= 0.3 is 5.97 Å². The van der Waals surface area contributed by atoms with Crippen LogP contribution < -0.4 is 0 Å². The Hall–Kier alpha value is -1.27. The second kappa shape index (κ2) is 12.1. The summed E-state index contributed by atoms with van der Waals surface area (Å²) < 4.78 is 10.1. The van der Waals surface area contributed by atoms with Crippen LogP contribution in [0.4, 0.5) is 0 Å². The molecule has 0 aromatic carbocycles. The van der Waals surface area contributed by atoms with E-state index in [0.717, 1.165) is 19.3 Å². The number of rotatable bonds is 14. The standard InChI is InChI=1S/C18H32O6/c1-2-3-4-5-6-7-8-9-10-11-12-23-17-15(21)16(14(20)13-19)24-18(17)22/h14,16,19-21H,2-13H2,1H3/t14-,16+/m0/s1. The van der Waals surface area contributed by atoms with Gasteiger partial charge in [0.15, 0.2) is 11.9 Å². The van der Waals surface area contributed by atoms with Gasteiger partial charge in [0, 0.05) is 0 Å². The van der Waals surface area contributed by atoms with Gasteiger partial charge in [-0.1, -0.05) is 64.7 Å². The lowest BCUT2D eigenvalue weighted by atomic mass is 10.1. The predicted octanol–water partition coefficient (Wildman–Crippen LogP) is 2.97. The van der Waals surface area contributed by atoms with Crippen molar-refractivity contribution in [1.29, 1.82) is 0 Å². The van der Waals surface area contributed by atoms with Crippen LogP contribution in [0.25, 0.3) is 0 Å². The third-order valence-electron chi connectivity index (χ3n) is 4.20. The molecule has 140 valence electrons. The van der Waals surface area contributed by atoms with Crippen molar-refractivity contribution in [2.75, 3.05) is 13.2 Å². The van der Waals surface area contributed by atoms with E-state index in [1.807, 2.05) is 0 Å². The van der Waals surface area contributed by atoms with Gasteiger partial charge < -0.3 is 24.8 Å². The lowest BCUT2D eigenvalue weighted by Crippen LogP contribution is -2.31. The Morgan fingerprint density at radius 2 is 1.58 bits per heavy atom. The first-order valence-corrected chi connectivity index (χ1v) is 9.17. The van der Waals surface area contributed by atoms with Crippen molar-refractivity contribution < 1.29 is 29.6 Å². The Morgan fingerprint density at radius 1 is 1.04 bits per heavy atom. The minimum absolute atomic E-state index is 0.247. The molecule has 0 unspecified atom stereocenters. The van der Waals surface area contributed by atoms with Crippen molar-refractivity contribution in [3.05, 3.63) is 11.5 Å². The average Bonchev–Trinajstić information content (AvgIpc) is 2.86. The zero-order chi connectivity index (χ0) is 17.8. The highest BCUT2D eigenvalue weighted by Gasteiger charge is 2.40. The summed E-state index contributed by atoms with van der Waals surface area (Å²) in [4.78, 5) is 11.6. The molecule has 3 N–H and O–H groups in total. The summed E-state index contributed by atoms with van der Waals surface area (Å²) >= 11 is 0. The third kappa shape index (κ3) is 7.09. The Labute approximate surface area is 144 Å². The smallest absolute Gasteiger partial charge is 0.378 e. The maximum Gasteiger partial charge on any atom is 0.378 e. The quantitative estimate of drug-likeness (QED) is 0.331. The number of ether oxygens (including phenoxy) is 2. The van der Waals surface area contributed by atoms with Crippen molar-refractivity contribution >= 4 is 5.97 Å². The predicted molar refractivity (Wildman–Crippen MR) is 90.4 cm³/mol. The largest absolute Gasteiger partial charge is 0.505 e. The van der Waals surface area contributed by atoms with Gasteiger partial charge in [-0.3, -0.25) is 0 Å². The molecule has 6 nitrogen and oxygen atoms in total. The number of aliphatic hydroxyl groups excluding tert-OH is 3. The number of carbonyl (C=O) groups is 1. The van der Waals surface area contributed by atoms with Gasteiger partial charge in [0.1, 0.15) is 6.10 Å². The van der Waals surface area contributed by atoms with Crippen molar-refractivity contribution in [2.45, 2.75) is 83.3 Å². The summed E-state index contributed by atoms with van der Waals surface area (Å²) in [6.45, 7) is 1.94. The molecule has 0 amide bonds. The highest BCUT2D eigenvalue weighted by molar-refractivity contribution is 5.89. The molecule has 2 atom stereocenters. The van der Waals surface area contributed by atoms with Crippen LogP contribution in [0, 0.1) is 0 Å². The van der Waals surface area contributed by atoms with E-state index < -0.39 is 30.5 Å². The van der Waals surface area contributed by atoms with E-state index in [1.54, 1.807) is 0 Å². The topological polar surface area (TPSA) is 96.2 Å². The van der Waals surface area contributed by atoms with Gasteiger partial charge in [0.05, 0.1) is 13.2 Å². The second-order valence-electron chi connectivity index (χ2n) is 6.32. The van der Waals surface area contributed by atoms with Gasteiger partial charge in [0.25, 0.3) is 0 Å². The van der Waals surface area contributed by atoms with Gasteiger partial charge in [-0.25, -0.2) is 4.79 Å². The van der Waals surface area contributed by atoms with Gasteiger partial charge in [-0.2, -0.15) is 0 Å². The van der Waals surface area contributed by atoms with Crippen LogP contribution in [0.3, 0.4) is 0 Å². The molecule has 1 aliphatic heterocycles. The normalized spacial score (nSPS) is 18.8. The zero-order valence-electron chi connectivity index (χ0n) is 14.7. The van der Waals surface area contributed by atoms with E-state index in [4.69, 9.17) is 14.6 Å². The molecule has 0 bridgehead atoms. The SMILES string of the molecule is CCCCCCCCCCCCOC1=C(O)[C@@H]([C@@H](O)CO)OC1=O. The summed E-state index contributed by atoms with van der Waals surface area (Å²) in [5, 5.41) is 28.1. The maximum atomic E-state index is 11.6. The molecule has 0 fully saturated rings. The summed E-state index contributed by atoms with van der Waals surface area (Å²) in [6.07, 6.45) is 9.44. The van der Waals surface area contributed by atoms with Crippen LogP contribution in [0.5, 0.6) is 0 Å². The summed E-state index contributed by atoms with van der Waals surface area (Å²) in [6, 6.07) is 0. The molecule has 1 rings (SSSR count). The Balaban J connectivity index is 2.08. The first kappa shape index (κ1) is 20.8. The third-order valence-corrected chi connectivity index (χ3v) is 4.20. The zero-order valence-corrected chi connectivity index (χ0v) is 14.7. The minimum Gasteiger partial charge on any atom is -0.505 e. The summed E-state index contributed by atoms with van der Waals surface area (Å²) in [7, 11) is 0. The van der Waals surface area contributed by atoms with E-state index in [9.17, 15) is 15.0 Å². The maximum absolute atomic E-state index is 11.6. The van der Waals surface area contributed by atoms with Crippen molar-refractivity contribution in [3.63, 3.8) is 0 Å². The Morgan fingerprint density at radius 3 is 2.12 bits per heavy atom. The molecule has 0 saturated carbocycles. The fourth-order valence-electron chi connectivity index (χ4n) is 2.71. The monoisotopic (exact) mass is 344 g/mol. The fraction of sp³-hybridized carbons (Fsp3) is 0.833. The number of unbranched alkanes of at least 4 members (excludes halogenated alkanes) is 9. The number of carbonyl (C=O) groups excluding carboxylic acids is 1. The first-order valence-electron chi connectivity index (χ1n) is 9.17. The van der Waals surface area contributed by atoms with Gasteiger partial charge in [-0.05, 0) is 6.42 Å². The molecular weight excluding hydrogens is 312 g/mol. The second-order valence-corrected chi connectivity index (χ2v) is 6.32. The molecular formula is C18H32O6. The van der Waals surface area contributed by atoms with Crippen molar-refractivity contribution in [2.24, 2.45) is 0 Å². The number of aliphatic hydroxyl groups is 3. The average molecular weight is 344 g/mol. The molecule has 1 heterocycles. The van der Waals surface area contributed by atoms with E-state index in [-0.39, 0.29) is 5.76 Å². The molecule has 1 aliphatic rings. The first-order chi connectivity index (χ1) is 11.6. The summed E-state index contributed by atoms with van der Waals surface area (Å²) in [5.41, 5.74) is 0. The number of esters is 1. The fourth-order valence-corrected chi connectivity index (χ4v) is 2.71. The highest BCUT2D eigenvalue weighted by atomic mass is 16.6. The number of hydrogen-bond donors (Lipinski definition) is 3.